The Morgan fingerprint density at radius 2 is 2.17 bits per heavy atom. The van der Waals surface area contributed by atoms with Crippen molar-refractivity contribution in [1.82, 2.24) is 4.90 Å². The number of furan rings is 1. The fraction of sp³-hybridized carbons (Fsp3) is 0.643. The minimum absolute atomic E-state index is 0.0272. The summed E-state index contributed by atoms with van der Waals surface area (Å²) in [6, 6.07) is 1.98. The van der Waals surface area contributed by atoms with Gasteiger partial charge in [0.1, 0.15) is 11.5 Å². The van der Waals surface area contributed by atoms with Crippen molar-refractivity contribution in [2.75, 3.05) is 13.1 Å². The predicted molar refractivity (Wildman–Crippen MR) is 70.5 cm³/mol. The first-order valence-electron chi connectivity index (χ1n) is 6.43. The summed E-state index contributed by atoms with van der Waals surface area (Å²) in [7, 11) is 0. The molecular formula is C14H22N2O2. The first-order chi connectivity index (χ1) is 8.31. The van der Waals surface area contributed by atoms with Crippen molar-refractivity contribution < 1.29 is 9.21 Å². The molecule has 2 rings (SSSR count). The summed E-state index contributed by atoms with van der Waals surface area (Å²) in [5.74, 6) is 1.54. The number of piperidine rings is 1. The van der Waals surface area contributed by atoms with Gasteiger partial charge >= 0.3 is 0 Å². The molecule has 2 heterocycles. The molecule has 4 nitrogen and oxygen atoms in total. The summed E-state index contributed by atoms with van der Waals surface area (Å²) in [6.07, 6.45) is 0.856. The summed E-state index contributed by atoms with van der Waals surface area (Å²) in [6.45, 7) is 9.36. The number of carbonyl (C=O) groups excluding carboxylic acids is 1. The molecule has 0 aromatic carbocycles. The predicted octanol–water partition coefficient (Wildman–Crippen LogP) is 2.10. The van der Waals surface area contributed by atoms with Crippen molar-refractivity contribution in [3.8, 4) is 0 Å². The van der Waals surface area contributed by atoms with Crippen LogP contribution in [-0.4, -0.2) is 29.9 Å². The van der Waals surface area contributed by atoms with Gasteiger partial charge in [0.25, 0.3) is 5.91 Å². The lowest BCUT2D eigenvalue weighted by Crippen LogP contribution is -2.54. The number of amides is 1. The van der Waals surface area contributed by atoms with Crippen molar-refractivity contribution in [3.63, 3.8) is 0 Å². The Balaban J connectivity index is 2.18. The van der Waals surface area contributed by atoms with Gasteiger partial charge in [-0.25, -0.2) is 0 Å². The van der Waals surface area contributed by atoms with E-state index in [0.717, 1.165) is 18.7 Å². The van der Waals surface area contributed by atoms with Gasteiger partial charge in [0.15, 0.2) is 0 Å². The lowest BCUT2D eigenvalue weighted by atomic mass is 9.79. The fourth-order valence-corrected chi connectivity index (χ4v) is 2.56. The van der Waals surface area contributed by atoms with Crippen molar-refractivity contribution >= 4 is 5.91 Å². The van der Waals surface area contributed by atoms with Crippen LogP contribution in [0.3, 0.4) is 0 Å². The average molecular weight is 250 g/mol. The highest BCUT2D eigenvalue weighted by atomic mass is 16.3. The molecule has 0 radical (unpaired) electrons. The molecule has 0 bridgehead atoms. The van der Waals surface area contributed by atoms with Crippen LogP contribution < -0.4 is 5.73 Å². The number of hydrogen-bond acceptors (Lipinski definition) is 3. The van der Waals surface area contributed by atoms with Crippen LogP contribution in [0.2, 0.25) is 0 Å². The highest BCUT2D eigenvalue weighted by Gasteiger charge is 2.36. The molecule has 18 heavy (non-hydrogen) atoms. The molecule has 1 aromatic heterocycles. The van der Waals surface area contributed by atoms with Gasteiger partial charge in [-0.3, -0.25) is 4.79 Å². The van der Waals surface area contributed by atoms with Crippen LogP contribution >= 0.6 is 0 Å². The Kier molecular flexibility index (Phi) is 3.23. The summed E-state index contributed by atoms with van der Waals surface area (Å²) in [5.41, 5.74) is 6.74. The normalized spacial score (nSPS) is 23.2. The van der Waals surface area contributed by atoms with E-state index in [0.29, 0.717) is 17.9 Å². The summed E-state index contributed by atoms with van der Waals surface area (Å²) >= 11 is 0. The molecule has 1 fully saturated rings. The SMILES string of the molecule is Cc1cc(C(=O)N2CCC(N)C(C)(C)C2)c(C)o1. The lowest BCUT2D eigenvalue weighted by Gasteiger charge is -2.42. The fourth-order valence-electron chi connectivity index (χ4n) is 2.56. The highest BCUT2D eigenvalue weighted by Crippen LogP contribution is 2.29. The van der Waals surface area contributed by atoms with Crippen molar-refractivity contribution in [1.29, 1.82) is 0 Å². The van der Waals surface area contributed by atoms with Crippen molar-refractivity contribution in [2.24, 2.45) is 11.1 Å². The number of likely N-dealkylation sites (tertiary alicyclic amines) is 1. The van der Waals surface area contributed by atoms with Crippen molar-refractivity contribution in [2.45, 2.75) is 40.2 Å². The number of rotatable bonds is 1. The molecule has 0 aliphatic carbocycles. The van der Waals surface area contributed by atoms with E-state index < -0.39 is 0 Å². The molecule has 1 amide bonds. The van der Waals surface area contributed by atoms with E-state index in [1.165, 1.54) is 0 Å². The van der Waals surface area contributed by atoms with E-state index in [2.05, 4.69) is 13.8 Å². The van der Waals surface area contributed by atoms with Crippen LogP contribution in [0, 0.1) is 19.3 Å². The quantitative estimate of drug-likeness (QED) is 0.830. The minimum atomic E-state index is -0.0272. The molecular weight excluding hydrogens is 228 g/mol. The van der Waals surface area contributed by atoms with Crippen LogP contribution in [-0.2, 0) is 0 Å². The molecule has 2 N–H and O–H groups in total. The Bertz CT molecular complexity index is 462. The van der Waals surface area contributed by atoms with Gasteiger partial charge in [0.05, 0.1) is 5.56 Å². The van der Waals surface area contributed by atoms with Gasteiger partial charge in [-0.2, -0.15) is 0 Å². The molecule has 1 aliphatic heterocycles. The first-order valence-corrected chi connectivity index (χ1v) is 6.43. The third kappa shape index (κ3) is 2.29. The second-order valence-corrected chi connectivity index (χ2v) is 5.94. The van der Waals surface area contributed by atoms with Crippen LogP contribution in [0.1, 0.15) is 42.1 Å². The maximum absolute atomic E-state index is 12.5. The molecule has 0 spiro atoms. The number of nitrogens with zero attached hydrogens (tertiary/aromatic N) is 1. The second kappa shape index (κ2) is 4.43. The molecule has 0 saturated carbocycles. The third-order valence-electron chi connectivity index (χ3n) is 3.87. The number of carbonyl (C=O) groups is 1. The minimum Gasteiger partial charge on any atom is -0.466 e. The molecule has 1 atom stereocenters. The molecule has 1 aliphatic rings. The summed E-state index contributed by atoms with van der Waals surface area (Å²) in [4.78, 5) is 14.3. The lowest BCUT2D eigenvalue weighted by molar-refractivity contribution is 0.0531. The Labute approximate surface area is 108 Å². The molecule has 1 aromatic rings. The summed E-state index contributed by atoms with van der Waals surface area (Å²) < 4.78 is 5.43. The van der Waals surface area contributed by atoms with Crippen LogP contribution in [0.15, 0.2) is 10.5 Å². The van der Waals surface area contributed by atoms with Gasteiger partial charge < -0.3 is 15.1 Å². The average Bonchev–Trinajstić information content (AvgIpc) is 2.60. The molecule has 100 valence electrons. The van der Waals surface area contributed by atoms with E-state index >= 15 is 0 Å². The Hall–Kier alpha value is -1.29. The van der Waals surface area contributed by atoms with Crippen LogP contribution in [0.4, 0.5) is 0 Å². The smallest absolute Gasteiger partial charge is 0.257 e. The number of aryl methyl sites for hydroxylation is 2. The van der Waals surface area contributed by atoms with Gasteiger partial charge in [0, 0.05) is 19.1 Å². The zero-order valence-electron chi connectivity index (χ0n) is 11.6. The zero-order chi connectivity index (χ0) is 13.5. The zero-order valence-corrected chi connectivity index (χ0v) is 11.6. The van der Waals surface area contributed by atoms with Gasteiger partial charge in [-0.15, -0.1) is 0 Å². The summed E-state index contributed by atoms with van der Waals surface area (Å²) in [5, 5.41) is 0. The van der Waals surface area contributed by atoms with Gasteiger partial charge in [-0.1, -0.05) is 13.8 Å². The first kappa shape index (κ1) is 13.1. The standard InChI is InChI=1S/C14H22N2O2/c1-9-7-11(10(2)18-9)13(17)16-6-5-12(15)14(3,4)8-16/h7,12H,5-6,8,15H2,1-4H3. The van der Waals surface area contributed by atoms with Crippen LogP contribution in [0.5, 0.6) is 0 Å². The number of hydrogen-bond donors (Lipinski definition) is 1. The van der Waals surface area contributed by atoms with E-state index in [4.69, 9.17) is 10.2 Å². The molecule has 1 saturated heterocycles. The topological polar surface area (TPSA) is 59.5 Å². The maximum atomic E-state index is 12.5. The van der Waals surface area contributed by atoms with E-state index in [1.54, 1.807) is 0 Å². The van der Waals surface area contributed by atoms with Gasteiger partial charge in [0.2, 0.25) is 0 Å². The Morgan fingerprint density at radius 3 is 2.67 bits per heavy atom. The largest absolute Gasteiger partial charge is 0.466 e. The van der Waals surface area contributed by atoms with E-state index in [9.17, 15) is 4.79 Å². The van der Waals surface area contributed by atoms with E-state index in [-0.39, 0.29) is 17.4 Å². The molecule has 4 heteroatoms. The van der Waals surface area contributed by atoms with E-state index in [1.807, 2.05) is 24.8 Å². The Morgan fingerprint density at radius 1 is 1.50 bits per heavy atom. The third-order valence-corrected chi connectivity index (χ3v) is 3.87. The number of nitrogens with two attached hydrogens (primary N) is 1. The van der Waals surface area contributed by atoms with Gasteiger partial charge in [-0.05, 0) is 31.7 Å². The molecule has 1 unspecified atom stereocenters. The second-order valence-electron chi connectivity index (χ2n) is 5.94. The van der Waals surface area contributed by atoms with Crippen LogP contribution in [0.25, 0.3) is 0 Å². The maximum Gasteiger partial charge on any atom is 0.257 e. The van der Waals surface area contributed by atoms with Crippen molar-refractivity contribution in [3.05, 3.63) is 23.2 Å². The highest BCUT2D eigenvalue weighted by molar-refractivity contribution is 5.95. The monoisotopic (exact) mass is 250 g/mol.